The Kier molecular flexibility index (Phi) is 4.98. The molecule has 0 radical (unpaired) electrons. The number of hydrogen-bond acceptors (Lipinski definition) is 6. The quantitative estimate of drug-likeness (QED) is 0.381. The first-order valence-electron chi connectivity index (χ1n) is 8.33. The lowest BCUT2D eigenvalue weighted by molar-refractivity contribution is -0.383. The Labute approximate surface area is 155 Å². The molecule has 8 heteroatoms. The second-order valence-electron chi connectivity index (χ2n) is 5.89. The van der Waals surface area contributed by atoms with Crippen LogP contribution in [0.15, 0.2) is 36.4 Å². The van der Waals surface area contributed by atoms with E-state index in [4.69, 9.17) is 9.47 Å². The van der Waals surface area contributed by atoms with Crippen molar-refractivity contribution in [1.29, 1.82) is 0 Å². The average Bonchev–Trinajstić information content (AvgIpc) is 3.09. The molecule has 0 unspecified atom stereocenters. The molecule has 0 aliphatic carbocycles. The third kappa shape index (κ3) is 3.55. The Hall–Kier alpha value is -3.55. The number of ether oxygens (including phenoxy) is 2. The molecule has 0 spiro atoms. The van der Waals surface area contributed by atoms with Crippen LogP contribution in [0.2, 0.25) is 0 Å². The first kappa shape index (κ1) is 18.2. The van der Waals surface area contributed by atoms with Crippen molar-refractivity contribution >= 4 is 33.9 Å². The van der Waals surface area contributed by atoms with Crippen LogP contribution in [0.5, 0.6) is 5.75 Å². The summed E-state index contributed by atoms with van der Waals surface area (Å²) in [5.41, 5.74) is 2.66. The van der Waals surface area contributed by atoms with Gasteiger partial charge in [-0.2, -0.15) is 0 Å². The highest BCUT2D eigenvalue weighted by molar-refractivity contribution is 6.04. The molecule has 0 saturated carbocycles. The smallest absolute Gasteiger partial charge is 0.354 e. The Morgan fingerprint density at radius 3 is 2.70 bits per heavy atom. The fraction of sp³-hybridized carbons (Fsp3) is 0.211. The van der Waals surface area contributed by atoms with Gasteiger partial charge in [0.1, 0.15) is 17.0 Å². The van der Waals surface area contributed by atoms with Crippen molar-refractivity contribution in [2.45, 2.75) is 13.8 Å². The average molecular weight is 369 g/mol. The number of aromatic amines is 1. The minimum atomic E-state index is -0.564. The number of methoxy groups -OCH3 is 1. The minimum absolute atomic E-state index is 0.118. The lowest BCUT2D eigenvalue weighted by Crippen LogP contribution is -2.04. The normalized spacial score (nSPS) is 10.6. The first-order valence-corrected chi connectivity index (χ1v) is 8.33. The van der Waals surface area contributed by atoms with Crippen molar-refractivity contribution in [3.05, 3.63) is 57.8 Å². The van der Waals surface area contributed by atoms with Gasteiger partial charge in [0.05, 0.1) is 18.6 Å². The highest BCUT2D eigenvalue weighted by Crippen LogP contribution is 2.34. The lowest BCUT2D eigenvalue weighted by atomic mass is 10.1. The number of carbonyl (C=O) groups is 1. The van der Waals surface area contributed by atoms with E-state index in [-0.39, 0.29) is 23.5 Å². The van der Waals surface area contributed by atoms with E-state index in [2.05, 4.69) is 10.3 Å². The van der Waals surface area contributed by atoms with Gasteiger partial charge in [0.15, 0.2) is 0 Å². The summed E-state index contributed by atoms with van der Waals surface area (Å²) >= 11 is 0. The van der Waals surface area contributed by atoms with Crippen LogP contribution in [0.3, 0.4) is 0 Å². The Morgan fingerprint density at radius 1 is 1.26 bits per heavy atom. The van der Waals surface area contributed by atoms with Gasteiger partial charge in [0, 0.05) is 28.9 Å². The Morgan fingerprint density at radius 2 is 2.04 bits per heavy atom. The molecular formula is C19H19N3O5. The van der Waals surface area contributed by atoms with E-state index in [1.54, 1.807) is 26.2 Å². The van der Waals surface area contributed by atoms with Crippen LogP contribution in [0, 0.1) is 17.0 Å². The Balaban J connectivity index is 2.09. The number of benzene rings is 2. The third-order valence-electron chi connectivity index (χ3n) is 4.15. The van der Waals surface area contributed by atoms with Crippen LogP contribution in [0.25, 0.3) is 10.9 Å². The van der Waals surface area contributed by atoms with Gasteiger partial charge >= 0.3 is 5.97 Å². The zero-order valence-electron chi connectivity index (χ0n) is 15.2. The predicted molar refractivity (Wildman–Crippen MR) is 102 cm³/mol. The molecule has 1 aromatic heterocycles. The van der Waals surface area contributed by atoms with Gasteiger partial charge in [-0.1, -0.05) is 6.07 Å². The predicted octanol–water partition coefficient (Wildman–Crippen LogP) is 4.31. The molecule has 3 rings (SSSR count). The van der Waals surface area contributed by atoms with E-state index < -0.39 is 10.9 Å². The van der Waals surface area contributed by atoms with Crippen LogP contribution in [0.4, 0.5) is 17.1 Å². The van der Waals surface area contributed by atoms with Gasteiger partial charge in [-0.3, -0.25) is 10.1 Å². The van der Waals surface area contributed by atoms with E-state index in [0.29, 0.717) is 11.1 Å². The number of nitrogens with one attached hydrogen (secondary N) is 2. The molecule has 3 aromatic rings. The summed E-state index contributed by atoms with van der Waals surface area (Å²) in [6.07, 6.45) is 0. The number of nitro groups is 1. The largest absolute Gasteiger partial charge is 0.496 e. The van der Waals surface area contributed by atoms with Crippen LogP contribution in [-0.2, 0) is 4.74 Å². The number of aryl methyl sites for hydroxylation is 1. The maximum atomic E-state index is 12.0. The molecule has 0 aliphatic rings. The van der Waals surface area contributed by atoms with Crippen LogP contribution in [0.1, 0.15) is 23.0 Å². The van der Waals surface area contributed by atoms with Crippen molar-refractivity contribution in [2.24, 2.45) is 0 Å². The summed E-state index contributed by atoms with van der Waals surface area (Å²) in [7, 11) is 1.59. The summed E-state index contributed by atoms with van der Waals surface area (Å²) in [6.45, 7) is 3.84. The zero-order chi connectivity index (χ0) is 19.6. The van der Waals surface area contributed by atoms with Crippen molar-refractivity contribution < 1.29 is 19.2 Å². The van der Waals surface area contributed by atoms with Crippen molar-refractivity contribution in [1.82, 2.24) is 4.98 Å². The summed E-state index contributed by atoms with van der Waals surface area (Å²) in [5, 5.41) is 15.1. The van der Waals surface area contributed by atoms with Gasteiger partial charge in [-0.25, -0.2) is 4.79 Å². The number of aromatic nitrogens is 1. The SMILES string of the molecule is CCOC(=O)c1cc2c(Nc3ccc(C)c(OC)c3)ccc([N+](=O)[O-])c2[nH]1. The standard InChI is InChI=1S/C19H19N3O5/c1-4-27-19(23)15-10-13-14(7-8-16(22(24)25)18(13)21-15)20-12-6-5-11(2)17(9-12)26-3/h5-10,20-21H,4H2,1-3H3. The molecule has 140 valence electrons. The summed E-state index contributed by atoms with van der Waals surface area (Å²) in [5.74, 6) is 0.158. The number of nitrogens with zero attached hydrogens (tertiary/aromatic N) is 1. The molecule has 1 heterocycles. The highest BCUT2D eigenvalue weighted by atomic mass is 16.6. The van der Waals surface area contributed by atoms with E-state index in [1.807, 2.05) is 25.1 Å². The van der Waals surface area contributed by atoms with Gasteiger partial charge < -0.3 is 19.8 Å². The molecule has 0 fully saturated rings. The first-order chi connectivity index (χ1) is 12.9. The maximum Gasteiger partial charge on any atom is 0.354 e. The van der Waals surface area contributed by atoms with Gasteiger partial charge in [0.25, 0.3) is 5.69 Å². The minimum Gasteiger partial charge on any atom is -0.496 e. The molecule has 2 N–H and O–H groups in total. The van der Waals surface area contributed by atoms with Crippen LogP contribution < -0.4 is 10.1 Å². The number of fused-ring (bicyclic) bond motifs is 1. The zero-order valence-corrected chi connectivity index (χ0v) is 15.2. The number of non-ortho nitro benzene ring substituents is 1. The van der Waals surface area contributed by atoms with Crippen LogP contribution >= 0.6 is 0 Å². The molecule has 0 aliphatic heterocycles. The van der Waals surface area contributed by atoms with E-state index in [0.717, 1.165) is 17.0 Å². The topological polar surface area (TPSA) is 106 Å². The van der Waals surface area contributed by atoms with Crippen LogP contribution in [-0.4, -0.2) is 29.6 Å². The molecule has 2 aromatic carbocycles. The monoisotopic (exact) mass is 369 g/mol. The van der Waals surface area contributed by atoms with E-state index >= 15 is 0 Å². The molecule has 0 bridgehead atoms. The Bertz CT molecular complexity index is 1030. The number of nitro benzene ring substituents is 1. The summed E-state index contributed by atoms with van der Waals surface area (Å²) < 4.78 is 10.3. The molecular weight excluding hydrogens is 350 g/mol. The summed E-state index contributed by atoms with van der Waals surface area (Å²) in [4.78, 5) is 25.7. The second kappa shape index (κ2) is 7.36. The molecule has 27 heavy (non-hydrogen) atoms. The fourth-order valence-electron chi connectivity index (χ4n) is 2.84. The fourth-order valence-corrected chi connectivity index (χ4v) is 2.84. The van der Waals surface area contributed by atoms with E-state index in [9.17, 15) is 14.9 Å². The highest BCUT2D eigenvalue weighted by Gasteiger charge is 2.20. The van der Waals surface area contributed by atoms with E-state index in [1.165, 1.54) is 6.07 Å². The number of hydrogen-bond donors (Lipinski definition) is 2. The van der Waals surface area contributed by atoms with Crippen molar-refractivity contribution in [3.8, 4) is 5.75 Å². The van der Waals surface area contributed by atoms with Crippen molar-refractivity contribution in [2.75, 3.05) is 19.0 Å². The molecule has 0 saturated heterocycles. The van der Waals surface area contributed by atoms with Gasteiger partial charge in [-0.05, 0) is 37.6 Å². The van der Waals surface area contributed by atoms with Crippen molar-refractivity contribution in [3.63, 3.8) is 0 Å². The number of H-pyrrole nitrogens is 1. The number of esters is 1. The summed E-state index contributed by atoms with van der Waals surface area (Å²) in [6, 6.07) is 10.2. The number of carbonyl (C=O) groups excluding carboxylic acids is 1. The molecule has 8 nitrogen and oxygen atoms in total. The number of anilines is 2. The molecule has 0 amide bonds. The number of rotatable bonds is 6. The maximum absolute atomic E-state index is 12.0. The lowest BCUT2D eigenvalue weighted by Gasteiger charge is -2.11. The van der Waals surface area contributed by atoms with Gasteiger partial charge in [0.2, 0.25) is 0 Å². The van der Waals surface area contributed by atoms with Gasteiger partial charge in [-0.15, -0.1) is 0 Å². The molecule has 0 atom stereocenters. The second-order valence-corrected chi connectivity index (χ2v) is 5.89. The third-order valence-corrected chi connectivity index (χ3v) is 4.15.